The van der Waals surface area contributed by atoms with E-state index in [2.05, 4.69) is 9.97 Å². The van der Waals surface area contributed by atoms with Gasteiger partial charge in [0.15, 0.2) is 0 Å². The highest BCUT2D eigenvalue weighted by Gasteiger charge is 2.32. The summed E-state index contributed by atoms with van der Waals surface area (Å²) in [6, 6.07) is 0.00704. The zero-order valence-electron chi connectivity index (χ0n) is 13.8. The number of carboxylic acids is 1. The third-order valence-corrected chi connectivity index (χ3v) is 3.56. The second-order valence-corrected chi connectivity index (χ2v) is 6.56. The van der Waals surface area contributed by atoms with Crippen LogP contribution in [0.5, 0.6) is 0 Å². The van der Waals surface area contributed by atoms with Gasteiger partial charge in [0.1, 0.15) is 5.60 Å². The molecule has 0 radical (unpaired) electrons. The summed E-state index contributed by atoms with van der Waals surface area (Å²) in [6.45, 7) is 6.78. The molecule has 1 aromatic rings. The van der Waals surface area contributed by atoms with E-state index in [1.807, 2.05) is 25.7 Å². The lowest BCUT2D eigenvalue weighted by Gasteiger charge is -2.28. The first-order valence-electron chi connectivity index (χ1n) is 7.43. The van der Waals surface area contributed by atoms with Gasteiger partial charge in [0.2, 0.25) is 5.95 Å². The molecule has 0 bridgehead atoms. The van der Waals surface area contributed by atoms with Crippen molar-refractivity contribution < 1.29 is 19.4 Å². The quantitative estimate of drug-likeness (QED) is 0.903. The van der Waals surface area contributed by atoms with Gasteiger partial charge in [0.05, 0.1) is 11.6 Å². The van der Waals surface area contributed by atoms with Gasteiger partial charge in [0.25, 0.3) is 0 Å². The van der Waals surface area contributed by atoms with Crippen LogP contribution in [0.25, 0.3) is 0 Å². The molecule has 0 aliphatic carbocycles. The highest BCUT2D eigenvalue weighted by atomic mass is 16.6. The van der Waals surface area contributed by atoms with Crippen LogP contribution in [0.3, 0.4) is 0 Å². The minimum atomic E-state index is -1.06. The maximum atomic E-state index is 12.1. The third-order valence-electron chi connectivity index (χ3n) is 3.56. The van der Waals surface area contributed by atoms with E-state index in [4.69, 9.17) is 9.84 Å². The number of amides is 1. The normalized spacial score (nSPS) is 17.9. The van der Waals surface area contributed by atoms with Crippen LogP contribution in [0.2, 0.25) is 0 Å². The lowest BCUT2D eigenvalue weighted by molar-refractivity contribution is 0.0237. The molecule has 8 nitrogen and oxygen atoms in total. The van der Waals surface area contributed by atoms with Crippen molar-refractivity contribution in [3.8, 4) is 0 Å². The number of carbonyl (C=O) groups excluding carboxylic acids is 1. The lowest BCUT2D eigenvalue weighted by atomic mass is 10.2. The number of aromatic nitrogens is 2. The minimum Gasteiger partial charge on any atom is -0.478 e. The van der Waals surface area contributed by atoms with Gasteiger partial charge in [-0.05, 0) is 27.2 Å². The monoisotopic (exact) mass is 322 g/mol. The van der Waals surface area contributed by atoms with Gasteiger partial charge >= 0.3 is 12.1 Å². The number of anilines is 1. The van der Waals surface area contributed by atoms with Gasteiger partial charge in [0, 0.05) is 32.5 Å². The molecule has 1 aliphatic heterocycles. The predicted octanol–water partition coefficient (Wildman–Crippen LogP) is 1.62. The Morgan fingerprint density at radius 3 is 2.48 bits per heavy atom. The Balaban J connectivity index is 1.97. The van der Waals surface area contributed by atoms with E-state index in [1.165, 1.54) is 12.4 Å². The molecule has 1 fully saturated rings. The molecular formula is C15H22N4O4. The fraction of sp³-hybridized carbons (Fsp3) is 0.600. The molecule has 0 aromatic carbocycles. The minimum absolute atomic E-state index is 0.00704. The van der Waals surface area contributed by atoms with Crippen LogP contribution in [0.15, 0.2) is 12.4 Å². The van der Waals surface area contributed by atoms with Crippen LogP contribution in [0, 0.1) is 0 Å². The van der Waals surface area contributed by atoms with Crippen LogP contribution in [0.1, 0.15) is 37.6 Å². The van der Waals surface area contributed by atoms with Crippen molar-refractivity contribution in [2.24, 2.45) is 0 Å². The van der Waals surface area contributed by atoms with Crippen molar-refractivity contribution >= 4 is 18.0 Å². The number of rotatable bonds is 3. The van der Waals surface area contributed by atoms with Crippen LogP contribution in [0.4, 0.5) is 10.7 Å². The largest absolute Gasteiger partial charge is 0.478 e. The first-order chi connectivity index (χ1) is 10.7. The molecule has 1 N–H and O–H groups in total. The standard InChI is InChI=1S/C15H22N4O4/c1-15(2,3)23-14(22)18(4)11-5-6-19(9-11)13-16-7-10(8-17-13)12(20)21/h7-8,11H,5-6,9H2,1-4H3,(H,20,21)/t11-/m1/s1. The van der Waals surface area contributed by atoms with Crippen molar-refractivity contribution in [2.45, 2.75) is 38.8 Å². The summed E-state index contributed by atoms with van der Waals surface area (Å²) in [5, 5.41) is 8.86. The van der Waals surface area contributed by atoms with Crippen molar-refractivity contribution in [1.29, 1.82) is 0 Å². The number of hydrogen-bond donors (Lipinski definition) is 1. The van der Waals surface area contributed by atoms with Crippen LogP contribution in [-0.2, 0) is 4.74 Å². The smallest absolute Gasteiger partial charge is 0.410 e. The highest BCUT2D eigenvalue weighted by molar-refractivity contribution is 5.86. The first-order valence-corrected chi connectivity index (χ1v) is 7.43. The number of ether oxygens (including phenoxy) is 1. The van der Waals surface area contributed by atoms with E-state index in [0.29, 0.717) is 19.0 Å². The maximum absolute atomic E-state index is 12.1. The van der Waals surface area contributed by atoms with Crippen molar-refractivity contribution in [3.63, 3.8) is 0 Å². The van der Waals surface area contributed by atoms with Gasteiger partial charge in [-0.15, -0.1) is 0 Å². The fourth-order valence-electron chi connectivity index (χ4n) is 2.32. The van der Waals surface area contributed by atoms with Crippen molar-refractivity contribution in [1.82, 2.24) is 14.9 Å². The molecule has 0 spiro atoms. The molecule has 1 saturated heterocycles. The molecule has 1 aromatic heterocycles. The molecule has 1 amide bonds. The van der Waals surface area contributed by atoms with Crippen molar-refractivity contribution in [3.05, 3.63) is 18.0 Å². The van der Waals surface area contributed by atoms with Crippen LogP contribution >= 0.6 is 0 Å². The Bertz CT molecular complexity index is 582. The summed E-state index contributed by atoms with van der Waals surface area (Å²) < 4.78 is 5.37. The first kappa shape index (κ1) is 17.0. The number of nitrogens with zero attached hydrogens (tertiary/aromatic N) is 4. The van der Waals surface area contributed by atoms with Gasteiger partial charge in [-0.3, -0.25) is 0 Å². The Labute approximate surface area is 135 Å². The van der Waals surface area contributed by atoms with Gasteiger partial charge in [-0.2, -0.15) is 0 Å². The van der Waals surface area contributed by atoms with E-state index in [-0.39, 0.29) is 17.7 Å². The van der Waals surface area contributed by atoms with Crippen LogP contribution in [-0.4, -0.2) is 63.8 Å². The van der Waals surface area contributed by atoms with Crippen LogP contribution < -0.4 is 4.90 Å². The zero-order valence-corrected chi connectivity index (χ0v) is 13.8. The Hall–Kier alpha value is -2.38. The molecule has 0 saturated carbocycles. The summed E-state index contributed by atoms with van der Waals surface area (Å²) >= 11 is 0. The lowest BCUT2D eigenvalue weighted by Crippen LogP contribution is -2.42. The Morgan fingerprint density at radius 1 is 1.35 bits per heavy atom. The molecule has 2 rings (SSSR count). The van der Waals surface area contributed by atoms with E-state index >= 15 is 0 Å². The molecule has 126 valence electrons. The molecule has 8 heteroatoms. The second-order valence-electron chi connectivity index (χ2n) is 6.56. The van der Waals surface area contributed by atoms with Gasteiger partial charge in [-0.25, -0.2) is 19.6 Å². The van der Waals surface area contributed by atoms with Crippen molar-refractivity contribution in [2.75, 3.05) is 25.0 Å². The summed E-state index contributed by atoms with van der Waals surface area (Å²) in [7, 11) is 1.72. The highest BCUT2D eigenvalue weighted by Crippen LogP contribution is 2.20. The SMILES string of the molecule is CN(C(=O)OC(C)(C)C)[C@@H]1CCN(c2ncc(C(=O)O)cn2)C1. The fourth-order valence-corrected chi connectivity index (χ4v) is 2.32. The molecule has 1 atom stereocenters. The molecular weight excluding hydrogens is 300 g/mol. The van der Waals surface area contributed by atoms with E-state index in [0.717, 1.165) is 6.42 Å². The van der Waals surface area contributed by atoms with E-state index < -0.39 is 11.6 Å². The number of hydrogen-bond acceptors (Lipinski definition) is 6. The molecule has 2 heterocycles. The van der Waals surface area contributed by atoms with E-state index in [1.54, 1.807) is 11.9 Å². The van der Waals surface area contributed by atoms with Gasteiger partial charge in [-0.1, -0.05) is 0 Å². The molecule has 0 unspecified atom stereocenters. The third kappa shape index (κ3) is 4.30. The summed E-state index contributed by atoms with van der Waals surface area (Å²) in [5.41, 5.74) is -0.477. The Morgan fingerprint density at radius 2 is 1.96 bits per heavy atom. The summed E-state index contributed by atoms with van der Waals surface area (Å²) in [6.07, 6.45) is 3.00. The topological polar surface area (TPSA) is 95.9 Å². The zero-order chi connectivity index (χ0) is 17.2. The molecule has 1 aliphatic rings. The van der Waals surface area contributed by atoms with E-state index in [9.17, 15) is 9.59 Å². The maximum Gasteiger partial charge on any atom is 0.410 e. The number of likely N-dealkylation sites (N-methyl/N-ethyl adjacent to an activating group) is 1. The van der Waals surface area contributed by atoms with Gasteiger partial charge < -0.3 is 19.6 Å². The summed E-state index contributed by atoms with van der Waals surface area (Å²) in [5.74, 6) is -0.587. The summed E-state index contributed by atoms with van der Waals surface area (Å²) in [4.78, 5) is 34.6. The number of carboxylic acid groups (broad SMARTS) is 1. The average Bonchev–Trinajstić information content (AvgIpc) is 2.94. The average molecular weight is 322 g/mol. The molecule has 23 heavy (non-hydrogen) atoms. The number of aromatic carboxylic acids is 1. The number of carbonyl (C=O) groups is 2. The second kappa shape index (κ2) is 6.39. The predicted molar refractivity (Wildman–Crippen MR) is 83.6 cm³/mol. The Kier molecular flexibility index (Phi) is 4.72.